The third-order valence-electron chi connectivity index (χ3n) is 2.81. The number of hydrogen-bond acceptors (Lipinski definition) is 3. The smallest absolute Gasteiger partial charge is 0.328 e. The Morgan fingerprint density at radius 1 is 1.40 bits per heavy atom. The van der Waals surface area contributed by atoms with Crippen LogP contribution in [0.2, 0.25) is 0 Å². The summed E-state index contributed by atoms with van der Waals surface area (Å²) in [5, 5.41) is 8.58. The van der Waals surface area contributed by atoms with Gasteiger partial charge in [-0.2, -0.15) is 0 Å². The van der Waals surface area contributed by atoms with Crippen molar-refractivity contribution in [3.05, 3.63) is 35.7 Å². The molecule has 108 valence electrons. The molecule has 0 saturated carbocycles. The predicted octanol–water partition coefficient (Wildman–Crippen LogP) is 2.30. The SMILES string of the molecule is CC(C)CCN(C)C(=O)c1cncc(C=CC(=O)O)c1. The predicted molar refractivity (Wildman–Crippen MR) is 77.3 cm³/mol. The summed E-state index contributed by atoms with van der Waals surface area (Å²) >= 11 is 0. The van der Waals surface area contributed by atoms with E-state index in [1.165, 1.54) is 18.5 Å². The Balaban J connectivity index is 2.78. The number of carboxylic acid groups (broad SMARTS) is 1. The average molecular weight is 276 g/mol. The van der Waals surface area contributed by atoms with Crippen molar-refractivity contribution in [2.24, 2.45) is 5.92 Å². The molecule has 0 bridgehead atoms. The monoisotopic (exact) mass is 276 g/mol. The normalized spacial score (nSPS) is 11.0. The first-order chi connectivity index (χ1) is 9.40. The molecule has 0 saturated heterocycles. The number of carbonyl (C=O) groups is 2. The number of amides is 1. The Morgan fingerprint density at radius 2 is 2.10 bits per heavy atom. The highest BCUT2D eigenvalue weighted by Crippen LogP contribution is 2.09. The van der Waals surface area contributed by atoms with Crippen molar-refractivity contribution in [3.63, 3.8) is 0 Å². The summed E-state index contributed by atoms with van der Waals surface area (Å²) in [6, 6.07) is 1.64. The first-order valence-corrected chi connectivity index (χ1v) is 6.51. The van der Waals surface area contributed by atoms with Crippen LogP contribution in [-0.2, 0) is 4.79 Å². The summed E-state index contributed by atoms with van der Waals surface area (Å²) in [4.78, 5) is 28.3. The first kappa shape index (κ1) is 15.9. The van der Waals surface area contributed by atoms with Gasteiger partial charge in [0.2, 0.25) is 0 Å². The zero-order valence-corrected chi connectivity index (χ0v) is 12.0. The second-order valence-electron chi connectivity index (χ2n) is 5.09. The fourth-order valence-corrected chi connectivity index (χ4v) is 1.61. The van der Waals surface area contributed by atoms with E-state index in [4.69, 9.17) is 5.11 Å². The molecule has 0 aliphatic heterocycles. The number of hydrogen-bond donors (Lipinski definition) is 1. The summed E-state index contributed by atoms with van der Waals surface area (Å²) in [5.41, 5.74) is 1.05. The lowest BCUT2D eigenvalue weighted by atomic mass is 10.1. The maximum absolute atomic E-state index is 12.2. The highest BCUT2D eigenvalue weighted by Gasteiger charge is 2.12. The van der Waals surface area contributed by atoms with E-state index < -0.39 is 5.97 Å². The first-order valence-electron chi connectivity index (χ1n) is 6.51. The molecule has 0 aromatic carbocycles. The molecule has 1 aromatic heterocycles. The molecule has 0 atom stereocenters. The molecule has 5 nitrogen and oxygen atoms in total. The highest BCUT2D eigenvalue weighted by molar-refractivity contribution is 5.94. The van der Waals surface area contributed by atoms with Crippen molar-refractivity contribution in [2.75, 3.05) is 13.6 Å². The van der Waals surface area contributed by atoms with E-state index in [2.05, 4.69) is 18.8 Å². The lowest BCUT2D eigenvalue weighted by molar-refractivity contribution is -0.131. The quantitative estimate of drug-likeness (QED) is 0.809. The number of aliphatic carboxylic acids is 1. The maximum Gasteiger partial charge on any atom is 0.328 e. The fourth-order valence-electron chi connectivity index (χ4n) is 1.61. The van der Waals surface area contributed by atoms with E-state index in [-0.39, 0.29) is 5.91 Å². The molecular weight excluding hydrogens is 256 g/mol. The molecule has 0 fully saturated rings. The molecule has 1 amide bonds. The van der Waals surface area contributed by atoms with E-state index in [0.717, 1.165) is 12.5 Å². The Morgan fingerprint density at radius 3 is 2.70 bits per heavy atom. The molecule has 20 heavy (non-hydrogen) atoms. The van der Waals surface area contributed by atoms with Crippen LogP contribution in [0.4, 0.5) is 0 Å². The van der Waals surface area contributed by atoms with Crippen LogP contribution in [0.15, 0.2) is 24.5 Å². The van der Waals surface area contributed by atoms with E-state index >= 15 is 0 Å². The van der Waals surface area contributed by atoms with Crippen LogP contribution in [0.5, 0.6) is 0 Å². The standard InChI is InChI=1S/C15H20N2O3/c1-11(2)6-7-17(3)15(20)13-8-12(9-16-10-13)4-5-14(18)19/h4-5,8-11H,6-7H2,1-3H3,(H,18,19). The molecule has 0 spiro atoms. The van der Waals surface area contributed by atoms with Gasteiger partial charge in [-0.1, -0.05) is 13.8 Å². The number of pyridine rings is 1. The average Bonchev–Trinajstić information content (AvgIpc) is 2.42. The van der Waals surface area contributed by atoms with Gasteiger partial charge in [0.05, 0.1) is 5.56 Å². The van der Waals surface area contributed by atoms with Crippen LogP contribution >= 0.6 is 0 Å². The van der Waals surface area contributed by atoms with Gasteiger partial charge in [-0.05, 0) is 30.0 Å². The summed E-state index contributed by atoms with van der Waals surface area (Å²) < 4.78 is 0. The highest BCUT2D eigenvalue weighted by atomic mass is 16.4. The van der Waals surface area contributed by atoms with Crippen molar-refractivity contribution in [2.45, 2.75) is 20.3 Å². The zero-order valence-electron chi connectivity index (χ0n) is 12.0. The van der Waals surface area contributed by atoms with Crippen LogP contribution in [-0.4, -0.2) is 40.5 Å². The second kappa shape index (κ2) is 7.43. The zero-order chi connectivity index (χ0) is 15.1. The van der Waals surface area contributed by atoms with Gasteiger partial charge >= 0.3 is 5.97 Å². The van der Waals surface area contributed by atoms with Crippen molar-refractivity contribution in [3.8, 4) is 0 Å². The van der Waals surface area contributed by atoms with Gasteiger partial charge in [-0.25, -0.2) is 4.79 Å². The molecular formula is C15H20N2O3. The molecule has 0 aliphatic rings. The van der Waals surface area contributed by atoms with Crippen LogP contribution < -0.4 is 0 Å². The van der Waals surface area contributed by atoms with Crippen LogP contribution in [0.25, 0.3) is 6.08 Å². The van der Waals surface area contributed by atoms with Gasteiger partial charge in [0.25, 0.3) is 5.91 Å². The van der Waals surface area contributed by atoms with Crippen LogP contribution in [0.3, 0.4) is 0 Å². The van der Waals surface area contributed by atoms with Crippen molar-refractivity contribution in [1.29, 1.82) is 0 Å². The molecule has 1 rings (SSSR count). The molecule has 5 heteroatoms. The Kier molecular flexibility index (Phi) is 5.90. The largest absolute Gasteiger partial charge is 0.478 e. The van der Waals surface area contributed by atoms with Gasteiger partial charge in [0.15, 0.2) is 0 Å². The number of carbonyl (C=O) groups excluding carboxylic acids is 1. The molecule has 1 aromatic rings. The van der Waals surface area contributed by atoms with Gasteiger partial charge < -0.3 is 10.0 Å². The van der Waals surface area contributed by atoms with E-state index in [1.54, 1.807) is 18.0 Å². The second-order valence-corrected chi connectivity index (χ2v) is 5.09. The molecule has 1 N–H and O–H groups in total. The third kappa shape index (κ3) is 5.22. The summed E-state index contributed by atoms with van der Waals surface area (Å²) in [7, 11) is 1.75. The number of nitrogens with zero attached hydrogens (tertiary/aromatic N) is 2. The summed E-state index contributed by atoms with van der Waals surface area (Å²) in [6.07, 6.45) is 6.39. The van der Waals surface area contributed by atoms with Crippen molar-refractivity contribution >= 4 is 18.0 Å². The molecule has 0 radical (unpaired) electrons. The molecule has 1 heterocycles. The summed E-state index contributed by atoms with van der Waals surface area (Å²) in [5.74, 6) is -0.604. The maximum atomic E-state index is 12.2. The minimum atomic E-state index is -1.03. The molecule has 0 aliphatic carbocycles. The van der Waals surface area contributed by atoms with Gasteiger partial charge in [-0.3, -0.25) is 9.78 Å². The van der Waals surface area contributed by atoms with E-state index in [0.29, 0.717) is 23.6 Å². The van der Waals surface area contributed by atoms with Crippen molar-refractivity contribution < 1.29 is 14.7 Å². The van der Waals surface area contributed by atoms with E-state index in [1.807, 2.05) is 0 Å². The van der Waals surface area contributed by atoms with Crippen molar-refractivity contribution in [1.82, 2.24) is 9.88 Å². The number of carboxylic acids is 1. The van der Waals surface area contributed by atoms with Gasteiger partial charge in [-0.15, -0.1) is 0 Å². The van der Waals surface area contributed by atoms with Crippen LogP contribution in [0, 0.1) is 5.92 Å². The summed E-state index contributed by atoms with van der Waals surface area (Å²) in [6.45, 7) is 4.90. The minimum Gasteiger partial charge on any atom is -0.478 e. The lowest BCUT2D eigenvalue weighted by Crippen LogP contribution is -2.28. The topological polar surface area (TPSA) is 70.5 Å². The van der Waals surface area contributed by atoms with E-state index in [9.17, 15) is 9.59 Å². The number of rotatable bonds is 6. The Bertz CT molecular complexity index is 510. The number of aromatic nitrogens is 1. The Labute approximate surface area is 118 Å². The third-order valence-corrected chi connectivity index (χ3v) is 2.81. The van der Waals surface area contributed by atoms with Gasteiger partial charge in [0, 0.05) is 32.1 Å². The Hall–Kier alpha value is -2.17. The minimum absolute atomic E-state index is 0.108. The van der Waals surface area contributed by atoms with Gasteiger partial charge in [0.1, 0.15) is 0 Å². The van der Waals surface area contributed by atoms with Crippen LogP contribution in [0.1, 0.15) is 36.2 Å². The fraction of sp³-hybridized carbons (Fsp3) is 0.400. The lowest BCUT2D eigenvalue weighted by Gasteiger charge is -2.18. The molecule has 0 unspecified atom stereocenters.